The highest BCUT2D eigenvalue weighted by Crippen LogP contribution is 2.31. The van der Waals surface area contributed by atoms with E-state index in [1.54, 1.807) is 0 Å². The third-order valence-corrected chi connectivity index (χ3v) is 5.55. The van der Waals surface area contributed by atoms with E-state index >= 15 is 0 Å². The van der Waals surface area contributed by atoms with E-state index in [-0.39, 0.29) is 5.56 Å². The Kier molecular flexibility index (Phi) is 5.04. The molecule has 0 amide bonds. The average molecular weight is 380 g/mol. The van der Waals surface area contributed by atoms with Crippen molar-refractivity contribution in [2.24, 2.45) is 0 Å². The van der Waals surface area contributed by atoms with Crippen LogP contribution in [0.25, 0.3) is 21.3 Å². The first-order valence-corrected chi connectivity index (χ1v) is 10.1. The first-order valence-electron chi connectivity index (χ1n) is 8.19. The molecule has 4 aromatic rings. The Hall–Kier alpha value is -2.57. The van der Waals surface area contributed by atoms with E-state index in [1.165, 1.54) is 23.1 Å². The zero-order chi connectivity index (χ0) is 17.8. The van der Waals surface area contributed by atoms with Crippen molar-refractivity contribution >= 4 is 33.3 Å². The number of nitrogens with zero attached hydrogens (tertiary/aromatic N) is 1. The van der Waals surface area contributed by atoms with Gasteiger partial charge in [-0.2, -0.15) is 0 Å². The van der Waals surface area contributed by atoms with Crippen LogP contribution in [0.5, 0.6) is 5.75 Å². The molecule has 0 aliphatic rings. The molecular weight excluding hydrogens is 364 g/mol. The summed E-state index contributed by atoms with van der Waals surface area (Å²) in [5, 5.41) is 3.28. The first-order chi connectivity index (χ1) is 12.8. The molecule has 26 heavy (non-hydrogen) atoms. The molecule has 4 nitrogen and oxygen atoms in total. The van der Waals surface area contributed by atoms with Gasteiger partial charge in [-0.15, -0.1) is 11.3 Å². The highest BCUT2D eigenvalue weighted by atomic mass is 32.2. The number of benzene rings is 2. The summed E-state index contributed by atoms with van der Waals surface area (Å²) in [7, 11) is 0. The zero-order valence-corrected chi connectivity index (χ0v) is 15.5. The predicted molar refractivity (Wildman–Crippen MR) is 108 cm³/mol. The molecule has 130 valence electrons. The number of ether oxygens (including phenoxy) is 1. The van der Waals surface area contributed by atoms with E-state index in [0.29, 0.717) is 22.9 Å². The lowest BCUT2D eigenvalue weighted by molar-refractivity contribution is 0.344. The maximum absolute atomic E-state index is 12.6. The van der Waals surface area contributed by atoms with Crippen molar-refractivity contribution < 1.29 is 4.74 Å². The van der Waals surface area contributed by atoms with Crippen molar-refractivity contribution in [1.29, 1.82) is 0 Å². The summed E-state index contributed by atoms with van der Waals surface area (Å²) >= 11 is 2.99. The Bertz CT molecular complexity index is 1060. The molecule has 0 bridgehead atoms. The average Bonchev–Trinajstić information content (AvgIpc) is 3.11. The van der Waals surface area contributed by atoms with Gasteiger partial charge in [0.1, 0.15) is 10.6 Å². The summed E-state index contributed by atoms with van der Waals surface area (Å²) in [6, 6.07) is 19.6. The fourth-order valence-corrected chi connectivity index (χ4v) is 4.33. The van der Waals surface area contributed by atoms with Gasteiger partial charge in [-0.05, 0) is 17.7 Å². The highest BCUT2D eigenvalue weighted by Gasteiger charge is 2.12. The number of aromatic nitrogens is 2. The number of thiophene rings is 1. The highest BCUT2D eigenvalue weighted by molar-refractivity contribution is 7.99. The summed E-state index contributed by atoms with van der Waals surface area (Å²) in [6.07, 6.45) is 0. The van der Waals surface area contributed by atoms with Crippen molar-refractivity contribution in [3.63, 3.8) is 0 Å². The summed E-state index contributed by atoms with van der Waals surface area (Å²) < 4.78 is 5.67. The van der Waals surface area contributed by atoms with Gasteiger partial charge in [0.15, 0.2) is 5.16 Å². The third-order valence-electron chi connectivity index (χ3n) is 3.84. The molecule has 0 aliphatic heterocycles. The Balaban J connectivity index is 1.49. The summed E-state index contributed by atoms with van der Waals surface area (Å²) in [5.41, 5.74) is 1.87. The van der Waals surface area contributed by atoms with Crippen LogP contribution in [0.1, 0.15) is 0 Å². The van der Waals surface area contributed by atoms with Gasteiger partial charge in [0.2, 0.25) is 0 Å². The van der Waals surface area contributed by atoms with Crippen LogP contribution in [-0.4, -0.2) is 22.3 Å². The second-order valence-electron chi connectivity index (χ2n) is 5.58. The molecule has 0 radical (unpaired) electrons. The quantitative estimate of drug-likeness (QED) is 0.296. The van der Waals surface area contributed by atoms with Crippen LogP contribution in [0.2, 0.25) is 0 Å². The fourth-order valence-electron chi connectivity index (χ4n) is 2.64. The molecule has 2 heterocycles. The number of para-hydroxylation sites is 1. The third kappa shape index (κ3) is 3.66. The Labute approximate surface area is 158 Å². The first kappa shape index (κ1) is 16.9. The van der Waals surface area contributed by atoms with Crippen LogP contribution in [0.15, 0.2) is 76.0 Å². The van der Waals surface area contributed by atoms with Gasteiger partial charge in [0.05, 0.1) is 12.0 Å². The molecule has 0 unspecified atom stereocenters. The minimum atomic E-state index is -0.0958. The van der Waals surface area contributed by atoms with Crippen molar-refractivity contribution in [3.8, 4) is 16.9 Å². The Morgan fingerprint density at radius 3 is 2.54 bits per heavy atom. The maximum atomic E-state index is 12.6. The van der Waals surface area contributed by atoms with Crippen molar-refractivity contribution in [1.82, 2.24) is 9.97 Å². The van der Waals surface area contributed by atoms with Crippen molar-refractivity contribution in [3.05, 3.63) is 76.4 Å². The van der Waals surface area contributed by atoms with Crippen LogP contribution < -0.4 is 10.3 Å². The van der Waals surface area contributed by atoms with Crippen LogP contribution >= 0.6 is 23.1 Å². The normalized spacial score (nSPS) is 10.9. The van der Waals surface area contributed by atoms with Crippen molar-refractivity contribution in [2.45, 2.75) is 5.16 Å². The van der Waals surface area contributed by atoms with Crippen LogP contribution in [0, 0.1) is 0 Å². The molecule has 0 fully saturated rings. The second kappa shape index (κ2) is 7.76. The number of nitrogens with one attached hydrogen (secondary N) is 1. The number of H-pyrrole nitrogens is 1. The van der Waals surface area contributed by atoms with Crippen molar-refractivity contribution in [2.75, 3.05) is 12.4 Å². The Morgan fingerprint density at radius 2 is 1.77 bits per heavy atom. The summed E-state index contributed by atoms with van der Waals surface area (Å²) in [5.74, 6) is 1.55. The molecular formula is C20H16N2O2S2. The number of thioether (sulfide) groups is 1. The van der Waals surface area contributed by atoms with E-state index in [9.17, 15) is 4.79 Å². The molecule has 0 atom stereocenters. The lowest BCUT2D eigenvalue weighted by Crippen LogP contribution is -2.09. The van der Waals surface area contributed by atoms with E-state index in [0.717, 1.165) is 21.7 Å². The molecule has 6 heteroatoms. The minimum absolute atomic E-state index is 0.0958. The number of hydrogen-bond acceptors (Lipinski definition) is 5. The largest absolute Gasteiger partial charge is 0.493 e. The smallest absolute Gasteiger partial charge is 0.260 e. The summed E-state index contributed by atoms with van der Waals surface area (Å²) in [4.78, 5) is 20.8. The minimum Gasteiger partial charge on any atom is -0.493 e. The lowest BCUT2D eigenvalue weighted by atomic mass is 10.1. The van der Waals surface area contributed by atoms with Gasteiger partial charge in [-0.25, -0.2) is 4.98 Å². The number of rotatable bonds is 6. The topological polar surface area (TPSA) is 55.0 Å². The molecule has 1 N–H and O–H groups in total. The molecule has 0 aliphatic carbocycles. The van der Waals surface area contributed by atoms with Crippen LogP contribution in [0.3, 0.4) is 0 Å². The molecule has 2 aromatic heterocycles. The van der Waals surface area contributed by atoms with Gasteiger partial charge in [-0.1, -0.05) is 60.3 Å². The number of hydrogen-bond donors (Lipinski definition) is 1. The second-order valence-corrected chi connectivity index (χ2v) is 7.52. The van der Waals surface area contributed by atoms with Crippen LogP contribution in [0.4, 0.5) is 0 Å². The SMILES string of the molecule is O=c1[nH]c(SCCOc2ccccc2)nc2scc(-c3ccccc3)c12. The van der Waals surface area contributed by atoms with Gasteiger partial charge in [0.25, 0.3) is 5.56 Å². The zero-order valence-electron chi connectivity index (χ0n) is 13.8. The Morgan fingerprint density at radius 1 is 1.04 bits per heavy atom. The maximum Gasteiger partial charge on any atom is 0.260 e. The molecule has 2 aromatic carbocycles. The van der Waals surface area contributed by atoms with Gasteiger partial charge in [0, 0.05) is 16.7 Å². The van der Waals surface area contributed by atoms with Gasteiger partial charge < -0.3 is 9.72 Å². The fraction of sp³-hybridized carbons (Fsp3) is 0.100. The van der Waals surface area contributed by atoms with Crippen LogP contribution in [-0.2, 0) is 0 Å². The monoisotopic (exact) mass is 380 g/mol. The lowest BCUT2D eigenvalue weighted by Gasteiger charge is -2.05. The molecule has 0 spiro atoms. The number of fused-ring (bicyclic) bond motifs is 1. The van der Waals surface area contributed by atoms with Gasteiger partial charge in [-0.3, -0.25) is 4.79 Å². The van der Waals surface area contributed by atoms with E-state index in [2.05, 4.69) is 9.97 Å². The van der Waals surface area contributed by atoms with E-state index in [1.807, 2.05) is 66.0 Å². The molecule has 0 saturated carbocycles. The van der Waals surface area contributed by atoms with Gasteiger partial charge >= 0.3 is 0 Å². The standard InChI is InChI=1S/C20H16N2O2S2/c23-18-17-16(14-7-3-1-4-8-14)13-26-19(17)22-20(21-18)25-12-11-24-15-9-5-2-6-10-15/h1-10,13H,11-12H2,(H,21,22,23). The number of aromatic amines is 1. The predicted octanol–water partition coefficient (Wildman–Crippen LogP) is 4.82. The van der Waals surface area contributed by atoms with E-state index in [4.69, 9.17) is 4.74 Å². The molecule has 0 saturated heterocycles. The summed E-state index contributed by atoms with van der Waals surface area (Å²) in [6.45, 7) is 0.552. The molecule has 4 rings (SSSR count). The van der Waals surface area contributed by atoms with E-state index < -0.39 is 0 Å².